The first-order chi connectivity index (χ1) is 9.50. The molecule has 0 aliphatic heterocycles. The van der Waals surface area contributed by atoms with Gasteiger partial charge < -0.3 is 9.63 Å². The molecule has 2 atom stereocenters. The average molecular weight is 272 g/mol. The SMILES string of the molecule is CC1(C)C(C(=O)O)C1c1nc(Cc2ccccc2)no1. The van der Waals surface area contributed by atoms with Gasteiger partial charge in [0.25, 0.3) is 0 Å². The van der Waals surface area contributed by atoms with Crippen LogP contribution >= 0.6 is 0 Å². The Morgan fingerprint density at radius 2 is 2.05 bits per heavy atom. The van der Waals surface area contributed by atoms with E-state index in [0.717, 1.165) is 5.56 Å². The van der Waals surface area contributed by atoms with Crippen LogP contribution in [0.4, 0.5) is 0 Å². The largest absolute Gasteiger partial charge is 0.481 e. The number of benzene rings is 1. The molecule has 1 aromatic carbocycles. The van der Waals surface area contributed by atoms with Gasteiger partial charge in [-0.05, 0) is 11.0 Å². The molecule has 1 aromatic heterocycles. The average Bonchev–Trinajstić information content (AvgIpc) is 2.76. The summed E-state index contributed by atoms with van der Waals surface area (Å²) in [7, 11) is 0. The highest BCUT2D eigenvalue weighted by Crippen LogP contribution is 2.63. The lowest BCUT2D eigenvalue weighted by molar-refractivity contribution is -0.139. The molecule has 0 bridgehead atoms. The number of carboxylic acid groups (broad SMARTS) is 1. The quantitative estimate of drug-likeness (QED) is 0.925. The third-order valence-corrected chi connectivity index (χ3v) is 4.05. The summed E-state index contributed by atoms with van der Waals surface area (Å²) in [5.41, 5.74) is 0.784. The summed E-state index contributed by atoms with van der Waals surface area (Å²) in [5, 5.41) is 13.1. The maximum Gasteiger partial charge on any atom is 0.307 e. The molecule has 1 aliphatic carbocycles. The lowest BCUT2D eigenvalue weighted by Crippen LogP contribution is -2.03. The van der Waals surface area contributed by atoms with Gasteiger partial charge in [0.1, 0.15) is 0 Å². The number of hydrogen-bond acceptors (Lipinski definition) is 4. The Bertz CT molecular complexity index is 634. The topological polar surface area (TPSA) is 76.2 Å². The second kappa shape index (κ2) is 4.44. The molecule has 0 saturated heterocycles. The number of rotatable bonds is 4. The van der Waals surface area contributed by atoms with Crippen molar-refractivity contribution < 1.29 is 14.4 Å². The minimum absolute atomic E-state index is 0.183. The van der Waals surface area contributed by atoms with E-state index in [-0.39, 0.29) is 11.3 Å². The number of carbonyl (C=O) groups is 1. The Labute approximate surface area is 116 Å². The van der Waals surface area contributed by atoms with Gasteiger partial charge in [0.2, 0.25) is 5.89 Å². The lowest BCUT2D eigenvalue weighted by atomic mass is 10.1. The zero-order chi connectivity index (χ0) is 14.3. The van der Waals surface area contributed by atoms with E-state index in [4.69, 9.17) is 4.52 Å². The Kier molecular flexibility index (Phi) is 2.85. The van der Waals surface area contributed by atoms with E-state index in [1.54, 1.807) is 0 Å². The molecule has 20 heavy (non-hydrogen) atoms. The minimum atomic E-state index is -0.803. The Hall–Kier alpha value is -2.17. The zero-order valence-electron chi connectivity index (χ0n) is 11.4. The normalized spacial score (nSPS) is 23.5. The van der Waals surface area contributed by atoms with Gasteiger partial charge in [-0.2, -0.15) is 4.98 Å². The van der Waals surface area contributed by atoms with Crippen molar-refractivity contribution >= 4 is 5.97 Å². The molecule has 0 amide bonds. The Morgan fingerprint density at radius 1 is 1.35 bits per heavy atom. The summed E-state index contributed by atoms with van der Waals surface area (Å²) in [4.78, 5) is 15.5. The number of hydrogen-bond donors (Lipinski definition) is 1. The molecular formula is C15H16N2O3. The van der Waals surface area contributed by atoms with Crippen LogP contribution in [0.3, 0.4) is 0 Å². The van der Waals surface area contributed by atoms with Gasteiger partial charge in [0.15, 0.2) is 5.82 Å². The van der Waals surface area contributed by atoms with Crippen molar-refractivity contribution in [1.82, 2.24) is 10.1 Å². The van der Waals surface area contributed by atoms with Crippen LogP contribution in [0.15, 0.2) is 34.9 Å². The summed E-state index contributed by atoms with van der Waals surface area (Å²) >= 11 is 0. The Balaban J connectivity index is 1.77. The van der Waals surface area contributed by atoms with Crippen molar-refractivity contribution in [1.29, 1.82) is 0 Å². The highest BCUT2D eigenvalue weighted by atomic mass is 16.5. The maximum atomic E-state index is 11.2. The maximum absolute atomic E-state index is 11.2. The fourth-order valence-corrected chi connectivity index (χ4v) is 2.80. The summed E-state index contributed by atoms with van der Waals surface area (Å²) in [6.45, 7) is 3.83. The first-order valence-electron chi connectivity index (χ1n) is 6.59. The molecule has 1 aliphatic rings. The van der Waals surface area contributed by atoms with Crippen LogP contribution in [0.1, 0.15) is 37.0 Å². The summed E-state index contributed by atoms with van der Waals surface area (Å²) < 4.78 is 5.25. The van der Waals surface area contributed by atoms with Crippen LogP contribution in [-0.2, 0) is 11.2 Å². The fourth-order valence-electron chi connectivity index (χ4n) is 2.80. The number of nitrogens with zero attached hydrogens (tertiary/aromatic N) is 2. The number of aromatic nitrogens is 2. The summed E-state index contributed by atoms with van der Waals surface area (Å²) in [6, 6.07) is 9.87. The number of carboxylic acids is 1. The first-order valence-corrected chi connectivity index (χ1v) is 6.59. The zero-order valence-corrected chi connectivity index (χ0v) is 11.4. The highest BCUT2D eigenvalue weighted by Gasteiger charge is 2.65. The molecule has 2 aromatic rings. The lowest BCUT2D eigenvalue weighted by Gasteiger charge is -1.96. The molecule has 5 heteroatoms. The smallest absolute Gasteiger partial charge is 0.307 e. The molecule has 1 N–H and O–H groups in total. The van der Waals surface area contributed by atoms with Gasteiger partial charge in [-0.1, -0.05) is 49.3 Å². The summed E-state index contributed by atoms with van der Waals surface area (Å²) in [5.74, 6) is -0.390. The van der Waals surface area contributed by atoms with Crippen molar-refractivity contribution in [2.45, 2.75) is 26.2 Å². The summed E-state index contributed by atoms with van der Waals surface area (Å²) in [6.07, 6.45) is 0.592. The van der Waals surface area contributed by atoms with Crippen LogP contribution in [0, 0.1) is 11.3 Å². The van der Waals surface area contributed by atoms with Crippen molar-refractivity contribution in [2.24, 2.45) is 11.3 Å². The fraction of sp³-hybridized carbons (Fsp3) is 0.400. The van der Waals surface area contributed by atoms with Gasteiger partial charge in [-0.25, -0.2) is 0 Å². The van der Waals surface area contributed by atoms with Crippen molar-refractivity contribution in [2.75, 3.05) is 0 Å². The Morgan fingerprint density at radius 3 is 2.65 bits per heavy atom. The highest BCUT2D eigenvalue weighted by molar-refractivity contribution is 5.77. The standard InChI is InChI=1S/C15H16N2O3/c1-15(2)11(12(15)14(18)19)13-16-10(17-20-13)8-9-6-4-3-5-7-9/h3-7,11-12H,8H2,1-2H3,(H,18,19). The van der Waals surface area contributed by atoms with Gasteiger partial charge in [-0.3, -0.25) is 4.79 Å². The monoisotopic (exact) mass is 272 g/mol. The van der Waals surface area contributed by atoms with E-state index in [2.05, 4.69) is 10.1 Å². The second-order valence-electron chi connectivity index (χ2n) is 5.83. The molecule has 1 heterocycles. The molecule has 1 fully saturated rings. The molecule has 104 valence electrons. The molecule has 3 rings (SSSR count). The van der Waals surface area contributed by atoms with E-state index >= 15 is 0 Å². The van der Waals surface area contributed by atoms with E-state index < -0.39 is 11.9 Å². The predicted molar refractivity (Wildman–Crippen MR) is 71.2 cm³/mol. The number of aliphatic carboxylic acids is 1. The van der Waals surface area contributed by atoms with Crippen molar-refractivity contribution in [3.63, 3.8) is 0 Å². The minimum Gasteiger partial charge on any atom is -0.481 e. The van der Waals surface area contributed by atoms with Gasteiger partial charge in [0, 0.05) is 6.42 Å². The predicted octanol–water partition coefficient (Wildman–Crippen LogP) is 2.48. The van der Waals surface area contributed by atoms with Crippen LogP contribution in [0.25, 0.3) is 0 Å². The van der Waals surface area contributed by atoms with Crippen LogP contribution in [0.2, 0.25) is 0 Å². The first kappa shape index (κ1) is 12.8. The van der Waals surface area contributed by atoms with Crippen molar-refractivity contribution in [3.05, 3.63) is 47.6 Å². The van der Waals surface area contributed by atoms with E-state index in [1.807, 2.05) is 44.2 Å². The molecule has 0 spiro atoms. The molecular weight excluding hydrogens is 256 g/mol. The van der Waals surface area contributed by atoms with Crippen LogP contribution in [-0.4, -0.2) is 21.2 Å². The molecule has 1 saturated carbocycles. The van der Waals surface area contributed by atoms with Gasteiger partial charge >= 0.3 is 5.97 Å². The van der Waals surface area contributed by atoms with Crippen molar-refractivity contribution in [3.8, 4) is 0 Å². The second-order valence-corrected chi connectivity index (χ2v) is 5.83. The third-order valence-electron chi connectivity index (χ3n) is 4.05. The van der Waals surface area contributed by atoms with Gasteiger partial charge in [-0.15, -0.1) is 0 Å². The van der Waals surface area contributed by atoms with Crippen LogP contribution < -0.4 is 0 Å². The molecule has 2 unspecified atom stereocenters. The van der Waals surface area contributed by atoms with E-state index in [9.17, 15) is 9.90 Å². The van der Waals surface area contributed by atoms with E-state index in [1.165, 1.54) is 0 Å². The molecule has 0 radical (unpaired) electrons. The van der Waals surface area contributed by atoms with Gasteiger partial charge in [0.05, 0.1) is 11.8 Å². The van der Waals surface area contributed by atoms with E-state index in [0.29, 0.717) is 18.1 Å². The molecule has 5 nitrogen and oxygen atoms in total. The third kappa shape index (κ3) is 2.09. The van der Waals surface area contributed by atoms with Crippen LogP contribution in [0.5, 0.6) is 0 Å².